The minimum absolute atomic E-state index is 0.289. The molecule has 5 heteroatoms. The van der Waals surface area contributed by atoms with E-state index >= 15 is 0 Å². The van der Waals surface area contributed by atoms with Crippen LogP contribution in [0.1, 0.15) is 5.56 Å². The predicted molar refractivity (Wildman–Crippen MR) is 41.3 cm³/mol. The molecule has 0 fully saturated rings. The van der Waals surface area contributed by atoms with E-state index in [2.05, 4.69) is 0 Å². The summed E-state index contributed by atoms with van der Waals surface area (Å²) in [7, 11) is 0. The van der Waals surface area contributed by atoms with Crippen LogP contribution in [0.5, 0.6) is 5.75 Å². The summed E-state index contributed by atoms with van der Waals surface area (Å²) in [6, 6.07) is 3.59. The Bertz CT molecular complexity index is 295. The van der Waals surface area contributed by atoms with Crippen molar-refractivity contribution in [1.82, 2.24) is 0 Å². The van der Waals surface area contributed by atoms with Crippen molar-refractivity contribution >= 4 is 21.2 Å². The Morgan fingerprint density at radius 2 is 1.83 bits per heavy atom. The quantitative estimate of drug-likeness (QED) is 0.658. The predicted octanol–water partition coefficient (Wildman–Crippen LogP) is 0.669. The summed E-state index contributed by atoms with van der Waals surface area (Å²) in [4.78, 5) is 0. The van der Waals surface area contributed by atoms with Crippen LogP contribution in [-0.4, -0.2) is 22.0 Å². The average Bonchev–Trinajstić information content (AvgIpc) is 1.92. The van der Waals surface area contributed by atoms with Gasteiger partial charge in [-0.2, -0.15) is 0 Å². The van der Waals surface area contributed by atoms with E-state index in [-0.39, 0.29) is 4.35 Å². The molecular weight excluding hydrogens is 232 g/mol. The monoisotopic (exact) mass is 238 g/mol. The molecule has 1 unspecified atom stereocenters. The maximum absolute atomic E-state index is 12.1. The first-order valence-electron chi connectivity index (χ1n) is 3.07. The molecule has 1 N–H and O–H groups in total. The fourth-order valence-electron chi connectivity index (χ4n) is 0.790. The number of phenols is 1. The topological polar surface area (TPSA) is 20.2 Å². The van der Waals surface area contributed by atoms with Crippen LogP contribution in [0.2, 0.25) is 0 Å². The van der Waals surface area contributed by atoms with Gasteiger partial charge in [0.25, 0.3) is 0 Å². The molecule has 1 aromatic carbocycles. The minimum atomic E-state index is -4.47. The van der Waals surface area contributed by atoms with Crippen molar-refractivity contribution in [1.29, 1.82) is 0 Å². The maximum atomic E-state index is 12.1. The van der Waals surface area contributed by atoms with Crippen LogP contribution in [0.3, 0.4) is 0 Å². The molecule has 0 radical (unpaired) electrons. The molecule has 1 nitrogen and oxygen atoms in total. The van der Waals surface area contributed by atoms with Crippen molar-refractivity contribution in [3.63, 3.8) is 0 Å². The third-order valence-electron chi connectivity index (χ3n) is 1.37. The fraction of sp³-hybridized carbons (Fsp3) is 0.143. The summed E-state index contributed by atoms with van der Waals surface area (Å²) in [5, 5.41) is 9.03. The Morgan fingerprint density at radius 3 is 2.25 bits per heavy atom. The van der Waals surface area contributed by atoms with Gasteiger partial charge in [-0.1, -0.05) is 0 Å². The second-order valence-electron chi connectivity index (χ2n) is 2.24. The third kappa shape index (κ3) is 1.75. The summed E-state index contributed by atoms with van der Waals surface area (Å²) in [6.45, 7) is 0. The van der Waals surface area contributed by atoms with E-state index in [0.717, 1.165) is 22.9 Å². The van der Waals surface area contributed by atoms with Crippen molar-refractivity contribution in [3.8, 4) is 5.75 Å². The van der Waals surface area contributed by atoms with Gasteiger partial charge >= 0.3 is 75.2 Å². The van der Waals surface area contributed by atoms with Gasteiger partial charge in [0, 0.05) is 0 Å². The van der Waals surface area contributed by atoms with E-state index in [9.17, 15) is 13.2 Å². The van der Waals surface area contributed by atoms with E-state index < -0.39 is 17.5 Å². The Labute approximate surface area is 75.7 Å². The van der Waals surface area contributed by atoms with Gasteiger partial charge in [-0.25, -0.2) is 0 Å². The molecule has 1 rings (SSSR count). The molecule has 0 heterocycles. The Hall–Kier alpha value is -0.632. The van der Waals surface area contributed by atoms with Crippen LogP contribution < -0.4 is 4.35 Å². The van der Waals surface area contributed by atoms with Gasteiger partial charge in [0.15, 0.2) is 0 Å². The molecule has 0 saturated heterocycles. The van der Waals surface area contributed by atoms with Gasteiger partial charge < -0.3 is 0 Å². The van der Waals surface area contributed by atoms with E-state index in [1.807, 2.05) is 0 Å². The second-order valence-corrected chi connectivity index (χ2v) is 3.55. The van der Waals surface area contributed by atoms with Gasteiger partial charge in [-0.05, 0) is 0 Å². The molecule has 0 bridgehead atoms. The third-order valence-corrected chi connectivity index (χ3v) is 2.35. The van der Waals surface area contributed by atoms with Crippen molar-refractivity contribution in [2.75, 3.05) is 0 Å². The summed E-state index contributed by atoms with van der Waals surface area (Å²) in [5.41, 5.74) is -0.968. The van der Waals surface area contributed by atoms with Gasteiger partial charge in [-0.15, -0.1) is 0 Å². The number of halogens is 3. The summed E-state index contributed by atoms with van der Waals surface area (Å²) >= 11 is 0.965. The number of hydrogen-bond donors (Lipinski definition) is 1. The molecule has 1 atom stereocenters. The Kier molecular flexibility index (Phi) is 2.38. The van der Waals surface area contributed by atoms with Crippen molar-refractivity contribution in [3.05, 3.63) is 23.8 Å². The first-order chi connectivity index (χ1) is 5.43. The van der Waals surface area contributed by atoms with E-state index in [4.69, 9.17) is 5.11 Å². The summed E-state index contributed by atoms with van der Waals surface area (Å²) < 4.78 is 36.5. The van der Waals surface area contributed by atoms with Crippen LogP contribution in [-0.2, 0) is 6.18 Å². The first-order valence-corrected chi connectivity index (χ1v) is 4.28. The zero-order valence-electron chi connectivity index (χ0n) is 5.89. The number of aromatic hydroxyl groups is 1. The van der Waals surface area contributed by atoms with Crippen LogP contribution in [0.4, 0.5) is 13.2 Å². The van der Waals surface area contributed by atoms with Crippen molar-refractivity contribution in [2.24, 2.45) is 0 Å². The molecule has 0 aliphatic carbocycles. The van der Waals surface area contributed by atoms with Crippen LogP contribution in [0.25, 0.3) is 0 Å². The van der Waals surface area contributed by atoms with Crippen LogP contribution in [0.15, 0.2) is 18.2 Å². The first kappa shape index (κ1) is 9.46. The Morgan fingerprint density at radius 1 is 1.25 bits per heavy atom. The van der Waals surface area contributed by atoms with Crippen molar-refractivity contribution in [2.45, 2.75) is 6.18 Å². The molecule has 0 saturated carbocycles. The molecule has 0 aromatic heterocycles. The molecule has 0 amide bonds. The standard InChI is InChI=1S/C7H6AsF3O/c8-5-3-1-2-4(6(5)12)7(9,10)11/h1-3,12H,8H2. The number of hydrogen-bond acceptors (Lipinski definition) is 1. The van der Waals surface area contributed by atoms with Gasteiger partial charge in [0.05, 0.1) is 0 Å². The molecule has 66 valence electrons. The molecular formula is C7H6AsF3O. The molecule has 12 heavy (non-hydrogen) atoms. The molecule has 0 spiro atoms. The normalized spacial score (nSPS) is 11.7. The van der Waals surface area contributed by atoms with E-state index in [1.165, 1.54) is 12.1 Å². The van der Waals surface area contributed by atoms with Gasteiger partial charge in [0.2, 0.25) is 0 Å². The van der Waals surface area contributed by atoms with Gasteiger partial charge in [0.1, 0.15) is 0 Å². The van der Waals surface area contributed by atoms with Crippen LogP contribution in [0, 0.1) is 0 Å². The zero-order valence-corrected chi connectivity index (χ0v) is 8.31. The molecule has 0 aliphatic rings. The Balaban J connectivity index is 3.26. The molecule has 1 aromatic rings. The summed E-state index contributed by atoms with van der Waals surface area (Å²) in [6.07, 6.45) is -4.47. The molecule has 0 aliphatic heterocycles. The summed E-state index contributed by atoms with van der Waals surface area (Å²) in [5.74, 6) is -0.662. The van der Waals surface area contributed by atoms with E-state index in [0.29, 0.717) is 0 Å². The number of alkyl halides is 3. The van der Waals surface area contributed by atoms with Crippen molar-refractivity contribution < 1.29 is 18.3 Å². The number of benzene rings is 1. The fourth-order valence-corrected chi connectivity index (χ4v) is 1.35. The van der Waals surface area contributed by atoms with E-state index in [1.54, 1.807) is 0 Å². The van der Waals surface area contributed by atoms with Gasteiger partial charge in [-0.3, -0.25) is 0 Å². The number of rotatable bonds is 0. The second kappa shape index (κ2) is 3.02. The SMILES string of the molecule is Oc1c([AsH2])cccc1C(F)(F)F. The zero-order chi connectivity index (χ0) is 9.35. The number of para-hydroxylation sites is 1. The van der Waals surface area contributed by atoms with Crippen LogP contribution >= 0.6 is 0 Å². The number of phenolic OH excluding ortho intramolecular Hbond substituents is 1. The average molecular weight is 238 g/mol.